The van der Waals surface area contributed by atoms with E-state index >= 15 is 0 Å². The van der Waals surface area contributed by atoms with Crippen LogP contribution >= 0.6 is 0 Å². The Hall–Kier alpha value is -1.35. The normalized spacial score (nSPS) is 24.1. The molecule has 3 N–H and O–H groups in total. The number of amides is 1. The summed E-state index contributed by atoms with van der Waals surface area (Å²) in [7, 11) is 0. The summed E-state index contributed by atoms with van der Waals surface area (Å²) in [5.41, 5.74) is 8.13. The van der Waals surface area contributed by atoms with Gasteiger partial charge >= 0.3 is 0 Å². The Morgan fingerprint density at radius 2 is 1.95 bits per heavy atom. The Balaban J connectivity index is 1.90. The number of carbonyl (C=O) groups is 1. The molecular formula is C17H26N2O. The second-order valence-electron chi connectivity index (χ2n) is 6.04. The number of nitrogens with one attached hydrogen (secondary N) is 1. The Labute approximate surface area is 121 Å². The van der Waals surface area contributed by atoms with Gasteiger partial charge in [-0.3, -0.25) is 4.79 Å². The maximum Gasteiger partial charge on any atom is 0.223 e. The molecular weight excluding hydrogens is 248 g/mol. The second-order valence-corrected chi connectivity index (χ2v) is 6.04. The van der Waals surface area contributed by atoms with Crippen molar-refractivity contribution in [2.45, 2.75) is 45.6 Å². The molecule has 0 spiro atoms. The summed E-state index contributed by atoms with van der Waals surface area (Å²) in [5, 5.41) is 3.17. The Bertz CT molecular complexity index is 450. The largest absolute Gasteiger partial charge is 0.349 e. The number of hydrogen-bond acceptors (Lipinski definition) is 2. The zero-order valence-electron chi connectivity index (χ0n) is 12.6. The van der Waals surface area contributed by atoms with Crippen LogP contribution in [0.5, 0.6) is 0 Å². The Kier molecular flexibility index (Phi) is 5.18. The number of rotatable bonds is 4. The molecule has 20 heavy (non-hydrogen) atoms. The lowest BCUT2D eigenvalue weighted by atomic mass is 9.81. The smallest absolute Gasteiger partial charge is 0.223 e. The van der Waals surface area contributed by atoms with Crippen LogP contribution in [-0.4, -0.2) is 12.5 Å². The van der Waals surface area contributed by atoms with Crippen molar-refractivity contribution in [1.82, 2.24) is 5.32 Å². The van der Waals surface area contributed by atoms with Crippen molar-refractivity contribution in [2.24, 2.45) is 17.6 Å². The van der Waals surface area contributed by atoms with Gasteiger partial charge in [0, 0.05) is 5.92 Å². The first-order valence-corrected chi connectivity index (χ1v) is 7.67. The highest BCUT2D eigenvalue weighted by atomic mass is 16.1. The third-order valence-electron chi connectivity index (χ3n) is 4.56. The predicted molar refractivity (Wildman–Crippen MR) is 82.2 cm³/mol. The highest BCUT2D eigenvalue weighted by Gasteiger charge is 2.26. The lowest BCUT2D eigenvalue weighted by molar-refractivity contribution is -0.126. The van der Waals surface area contributed by atoms with Gasteiger partial charge in [-0.25, -0.2) is 0 Å². The molecule has 1 aliphatic carbocycles. The van der Waals surface area contributed by atoms with Crippen LogP contribution in [-0.2, 0) is 4.79 Å². The van der Waals surface area contributed by atoms with E-state index in [0.29, 0.717) is 5.92 Å². The molecule has 1 saturated carbocycles. The zero-order chi connectivity index (χ0) is 14.5. The number of aryl methyl sites for hydroxylation is 1. The molecule has 1 aromatic rings. The van der Waals surface area contributed by atoms with E-state index in [-0.39, 0.29) is 17.9 Å². The van der Waals surface area contributed by atoms with Crippen molar-refractivity contribution in [3.8, 4) is 0 Å². The van der Waals surface area contributed by atoms with Crippen LogP contribution in [0.2, 0.25) is 0 Å². The summed E-state index contributed by atoms with van der Waals surface area (Å²) in [6.45, 7) is 4.91. The van der Waals surface area contributed by atoms with Gasteiger partial charge in [0.2, 0.25) is 5.91 Å². The molecule has 0 heterocycles. The third-order valence-corrected chi connectivity index (χ3v) is 4.56. The van der Waals surface area contributed by atoms with Crippen molar-refractivity contribution >= 4 is 5.91 Å². The van der Waals surface area contributed by atoms with Gasteiger partial charge in [0.05, 0.1) is 6.04 Å². The van der Waals surface area contributed by atoms with Gasteiger partial charge in [0.1, 0.15) is 0 Å². The summed E-state index contributed by atoms with van der Waals surface area (Å²) >= 11 is 0. The van der Waals surface area contributed by atoms with Crippen LogP contribution in [0, 0.1) is 18.8 Å². The van der Waals surface area contributed by atoms with Crippen LogP contribution in [0.15, 0.2) is 24.3 Å². The van der Waals surface area contributed by atoms with E-state index in [1.54, 1.807) is 0 Å². The van der Waals surface area contributed by atoms with Gasteiger partial charge in [-0.2, -0.15) is 0 Å². The quantitative estimate of drug-likeness (QED) is 0.887. The van der Waals surface area contributed by atoms with Gasteiger partial charge in [0.15, 0.2) is 0 Å². The molecule has 1 aromatic carbocycles. The first kappa shape index (κ1) is 15.0. The van der Waals surface area contributed by atoms with Gasteiger partial charge in [-0.05, 0) is 63.1 Å². The topological polar surface area (TPSA) is 55.1 Å². The maximum absolute atomic E-state index is 12.3. The summed E-state index contributed by atoms with van der Waals surface area (Å²) in [5.74, 6) is 0.994. The Morgan fingerprint density at radius 1 is 1.30 bits per heavy atom. The van der Waals surface area contributed by atoms with Gasteiger partial charge < -0.3 is 11.1 Å². The number of nitrogens with two attached hydrogens (primary N) is 1. The van der Waals surface area contributed by atoms with Gasteiger partial charge in [0.25, 0.3) is 0 Å². The molecule has 0 radical (unpaired) electrons. The van der Waals surface area contributed by atoms with Crippen molar-refractivity contribution in [2.75, 3.05) is 6.54 Å². The van der Waals surface area contributed by atoms with E-state index in [1.165, 1.54) is 11.1 Å². The molecule has 0 aromatic heterocycles. The van der Waals surface area contributed by atoms with Crippen molar-refractivity contribution in [3.05, 3.63) is 35.4 Å². The molecule has 1 atom stereocenters. The predicted octanol–water partition coefficient (Wildman–Crippen LogP) is 2.94. The first-order chi connectivity index (χ1) is 9.61. The van der Waals surface area contributed by atoms with E-state index in [4.69, 9.17) is 5.73 Å². The summed E-state index contributed by atoms with van der Waals surface area (Å²) in [4.78, 5) is 12.3. The molecule has 1 amide bonds. The average Bonchev–Trinajstić information content (AvgIpc) is 2.47. The Morgan fingerprint density at radius 3 is 2.55 bits per heavy atom. The molecule has 0 bridgehead atoms. The maximum atomic E-state index is 12.3. The second kappa shape index (κ2) is 6.89. The lowest BCUT2D eigenvalue weighted by Gasteiger charge is -2.28. The highest BCUT2D eigenvalue weighted by molar-refractivity contribution is 5.79. The lowest BCUT2D eigenvalue weighted by Crippen LogP contribution is -2.35. The van der Waals surface area contributed by atoms with Crippen LogP contribution in [0.25, 0.3) is 0 Å². The minimum absolute atomic E-state index is 0.0796. The van der Waals surface area contributed by atoms with Gasteiger partial charge in [-0.1, -0.05) is 24.3 Å². The summed E-state index contributed by atoms with van der Waals surface area (Å²) in [6.07, 6.45) is 4.14. The van der Waals surface area contributed by atoms with E-state index in [2.05, 4.69) is 31.3 Å². The molecule has 0 aliphatic heterocycles. The van der Waals surface area contributed by atoms with Crippen LogP contribution < -0.4 is 11.1 Å². The minimum Gasteiger partial charge on any atom is -0.349 e. The number of carbonyl (C=O) groups excluding carboxylic acids is 1. The minimum atomic E-state index is 0.0796. The molecule has 1 aliphatic rings. The monoisotopic (exact) mass is 274 g/mol. The average molecular weight is 274 g/mol. The molecule has 2 rings (SSSR count). The molecule has 1 unspecified atom stereocenters. The van der Waals surface area contributed by atoms with Crippen molar-refractivity contribution in [1.29, 1.82) is 0 Å². The zero-order valence-corrected chi connectivity index (χ0v) is 12.6. The van der Waals surface area contributed by atoms with Crippen molar-refractivity contribution in [3.63, 3.8) is 0 Å². The highest BCUT2D eigenvalue weighted by Crippen LogP contribution is 2.29. The molecule has 1 fully saturated rings. The summed E-state index contributed by atoms with van der Waals surface area (Å²) < 4.78 is 0. The number of benzene rings is 1. The van der Waals surface area contributed by atoms with Crippen LogP contribution in [0.1, 0.15) is 49.8 Å². The fourth-order valence-corrected chi connectivity index (χ4v) is 3.14. The van der Waals surface area contributed by atoms with E-state index in [9.17, 15) is 4.79 Å². The third kappa shape index (κ3) is 3.60. The van der Waals surface area contributed by atoms with E-state index in [1.807, 2.05) is 12.1 Å². The number of hydrogen-bond donors (Lipinski definition) is 2. The van der Waals surface area contributed by atoms with E-state index < -0.39 is 0 Å². The fourth-order valence-electron chi connectivity index (χ4n) is 3.14. The molecule has 0 saturated heterocycles. The molecule has 110 valence electrons. The van der Waals surface area contributed by atoms with Gasteiger partial charge in [-0.15, -0.1) is 0 Å². The van der Waals surface area contributed by atoms with Crippen LogP contribution in [0.3, 0.4) is 0 Å². The van der Waals surface area contributed by atoms with Crippen LogP contribution in [0.4, 0.5) is 0 Å². The van der Waals surface area contributed by atoms with Crippen molar-refractivity contribution < 1.29 is 4.79 Å². The molecule has 3 heteroatoms. The summed E-state index contributed by atoms with van der Waals surface area (Å²) in [6, 6.07) is 8.31. The first-order valence-electron chi connectivity index (χ1n) is 7.67. The SMILES string of the molecule is Cc1ccccc1C(C)NC(=O)C1CCC(CN)CC1. The van der Waals surface area contributed by atoms with E-state index in [0.717, 1.165) is 32.2 Å². The fraction of sp³-hybridized carbons (Fsp3) is 0.588. The molecule has 3 nitrogen and oxygen atoms in total. The standard InChI is InChI=1S/C17H26N2O/c1-12-5-3-4-6-16(12)13(2)19-17(20)15-9-7-14(11-18)8-10-15/h3-6,13-15H,7-11,18H2,1-2H3,(H,19,20).